The molecule has 0 aliphatic heterocycles. The number of carbonyl (C=O) groups is 2. The van der Waals surface area contributed by atoms with Crippen molar-refractivity contribution in [3.05, 3.63) is 29.6 Å². The van der Waals surface area contributed by atoms with Crippen LogP contribution in [0.1, 0.15) is 29.9 Å². The summed E-state index contributed by atoms with van der Waals surface area (Å²) in [4.78, 5) is 25.5. The van der Waals surface area contributed by atoms with Crippen molar-refractivity contribution in [1.29, 1.82) is 0 Å². The van der Waals surface area contributed by atoms with Crippen molar-refractivity contribution in [3.63, 3.8) is 0 Å². The van der Waals surface area contributed by atoms with Crippen LogP contribution >= 0.6 is 0 Å². The maximum absolute atomic E-state index is 13.8. The van der Waals surface area contributed by atoms with E-state index in [2.05, 4.69) is 20.0 Å². The monoisotopic (exact) mass is 415 g/mol. The summed E-state index contributed by atoms with van der Waals surface area (Å²) >= 11 is 0. The van der Waals surface area contributed by atoms with Gasteiger partial charge in [-0.1, -0.05) is 6.92 Å². The smallest absolute Gasteiger partial charge is 0.434 e. The van der Waals surface area contributed by atoms with Crippen LogP contribution in [0.25, 0.3) is 5.82 Å². The minimum atomic E-state index is -4.89. The second-order valence-electron chi connectivity index (χ2n) is 6.02. The van der Waals surface area contributed by atoms with Crippen molar-refractivity contribution in [3.8, 4) is 11.7 Å². The van der Waals surface area contributed by atoms with Crippen LogP contribution in [0.4, 0.5) is 13.2 Å². The predicted octanol–water partition coefficient (Wildman–Crippen LogP) is 1.96. The van der Waals surface area contributed by atoms with Crippen molar-refractivity contribution in [2.75, 3.05) is 27.3 Å². The van der Waals surface area contributed by atoms with Crippen molar-refractivity contribution < 1.29 is 32.2 Å². The van der Waals surface area contributed by atoms with Crippen LogP contribution in [0.5, 0.6) is 5.88 Å². The number of hydrogen-bond donors (Lipinski definition) is 0. The first-order chi connectivity index (χ1) is 13.6. The van der Waals surface area contributed by atoms with Crippen LogP contribution in [-0.4, -0.2) is 64.1 Å². The lowest BCUT2D eigenvalue weighted by Gasteiger charge is -2.24. The normalized spacial score (nSPS) is 12.4. The van der Waals surface area contributed by atoms with E-state index >= 15 is 0 Å². The van der Waals surface area contributed by atoms with Gasteiger partial charge < -0.3 is 14.4 Å². The Labute approximate surface area is 164 Å². The van der Waals surface area contributed by atoms with Gasteiger partial charge in [-0.2, -0.15) is 18.3 Å². The van der Waals surface area contributed by atoms with E-state index < -0.39 is 35.2 Å². The summed E-state index contributed by atoms with van der Waals surface area (Å²) in [5, 5.41) is 11.0. The first-order valence-electron chi connectivity index (χ1n) is 8.54. The molecule has 0 bridgehead atoms. The Morgan fingerprint density at radius 3 is 2.41 bits per heavy atom. The fourth-order valence-electron chi connectivity index (χ4n) is 2.62. The molecular weight excluding hydrogens is 395 g/mol. The summed E-state index contributed by atoms with van der Waals surface area (Å²) in [5.41, 5.74) is -1.94. The fraction of sp³-hybridized carbons (Fsp3) is 0.471. The summed E-state index contributed by atoms with van der Waals surface area (Å²) in [6, 6.07) is 2.56. The van der Waals surface area contributed by atoms with Crippen molar-refractivity contribution >= 4 is 11.9 Å². The molecule has 29 heavy (non-hydrogen) atoms. The largest absolute Gasteiger partial charge is 0.480 e. The summed E-state index contributed by atoms with van der Waals surface area (Å²) in [7, 11) is 2.53. The lowest BCUT2D eigenvalue weighted by molar-refractivity contribution is -0.145. The zero-order valence-corrected chi connectivity index (χ0v) is 16.2. The van der Waals surface area contributed by atoms with Gasteiger partial charge in [-0.15, -0.1) is 10.2 Å². The SMILES string of the molecule is CCN(CC(C)C(=O)OC)C(=O)c1cnn(-c2ccc(OC)nn2)c1C(F)(F)F. The molecule has 158 valence electrons. The highest BCUT2D eigenvalue weighted by molar-refractivity contribution is 5.95. The number of aromatic nitrogens is 4. The molecule has 0 N–H and O–H groups in total. The molecule has 0 spiro atoms. The molecule has 0 aliphatic rings. The number of nitrogens with zero attached hydrogens (tertiary/aromatic N) is 5. The van der Waals surface area contributed by atoms with Gasteiger partial charge in [0.1, 0.15) is 0 Å². The second-order valence-corrected chi connectivity index (χ2v) is 6.02. The molecule has 1 amide bonds. The molecule has 1 atom stereocenters. The van der Waals surface area contributed by atoms with E-state index in [9.17, 15) is 22.8 Å². The molecule has 9 nitrogen and oxygen atoms in total. The highest BCUT2D eigenvalue weighted by Gasteiger charge is 2.42. The van der Waals surface area contributed by atoms with E-state index in [-0.39, 0.29) is 24.8 Å². The van der Waals surface area contributed by atoms with Gasteiger partial charge in [0.05, 0.1) is 31.9 Å². The molecule has 0 aliphatic carbocycles. The van der Waals surface area contributed by atoms with Crippen LogP contribution in [0.2, 0.25) is 0 Å². The Bertz CT molecular complexity index is 867. The Kier molecular flexibility index (Phi) is 6.77. The van der Waals surface area contributed by atoms with Gasteiger partial charge in [0.15, 0.2) is 11.5 Å². The minimum absolute atomic E-state index is 0.0883. The number of alkyl halides is 3. The molecule has 2 aromatic heterocycles. The number of halogens is 3. The van der Waals surface area contributed by atoms with Crippen molar-refractivity contribution in [2.24, 2.45) is 5.92 Å². The van der Waals surface area contributed by atoms with Crippen LogP contribution in [0, 0.1) is 5.92 Å². The van der Waals surface area contributed by atoms with Gasteiger partial charge >= 0.3 is 12.1 Å². The Hall–Kier alpha value is -3.18. The lowest BCUT2D eigenvalue weighted by atomic mass is 10.1. The maximum Gasteiger partial charge on any atom is 0.434 e. The fourth-order valence-corrected chi connectivity index (χ4v) is 2.62. The molecule has 0 radical (unpaired) electrons. The average molecular weight is 415 g/mol. The Morgan fingerprint density at radius 1 is 1.24 bits per heavy atom. The maximum atomic E-state index is 13.8. The quantitative estimate of drug-likeness (QED) is 0.638. The second kappa shape index (κ2) is 8.88. The number of carbonyl (C=O) groups excluding carboxylic acids is 2. The minimum Gasteiger partial charge on any atom is -0.480 e. The van der Waals surface area contributed by atoms with Crippen LogP contribution < -0.4 is 4.74 Å². The Morgan fingerprint density at radius 2 is 1.93 bits per heavy atom. The van der Waals surface area contributed by atoms with Crippen LogP contribution in [0.3, 0.4) is 0 Å². The topological polar surface area (TPSA) is 99.4 Å². The third-order valence-corrected chi connectivity index (χ3v) is 4.09. The number of amides is 1. The van der Waals surface area contributed by atoms with E-state index in [1.54, 1.807) is 6.92 Å². The van der Waals surface area contributed by atoms with Crippen molar-refractivity contribution in [1.82, 2.24) is 24.9 Å². The average Bonchev–Trinajstić information content (AvgIpc) is 3.16. The molecule has 12 heteroatoms. The Balaban J connectivity index is 2.45. The van der Waals surface area contributed by atoms with E-state index in [0.29, 0.717) is 4.68 Å². The molecule has 0 saturated heterocycles. The van der Waals surface area contributed by atoms with E-state index in [4.69, 9.17) is 4.74 Å². The third kappa shape index (κ3) is 4.81. The molecule has 2 rings (SSSR count). The molecular formula is C17H20F3N5O4. The van der Waals surface area contributed by atoms with Gasteiger partial charge in [-0.25, -0.2) is 4.68 Å². The summed E-state index contributed by atoms with van der Waals surface area (Å²) in [6.07, 6.45) is -4.07. The lowest BCUT2D eigenvalue weighted by Crippen LogP contribution is -2.38. The van der Waals surface area contributed by atoms with Gasteiger partial charge in [0.2, 0.25) is 5.88 Å². The zero-order valence-electron chi connectivity index (χ0n) is 16.2. The van der Waals surface area contributed by atoms with Crippen molar-refractivity contribution in [2.45, 2.75) is 20.0 Å². The van der Waals surface area contributed by atoms with Gasteiger partial charge in [0, 0.05) is 19.2 Å². The predicted molar refractivity (Wildman–Crippen MR) is 93.5 cm³/mol. The van der Waals surface area contributed by atoms with Crippen LogP contribution in [0.15, 0.2) is 18.3 Å². The summed E-state index contributed by atoms with van der Waals surface area (Å²) < 4.78 is 51.2. The first-order valence-corrected chi connectivity index (χ1v) is 8.54. The number of rotatable bonds is 7. The van der Waals surface area contributed by atoms with Gasteiger partial charge in [-0.3, -0.25) is 9.59 Å². The van der Waals surface area contributed by atoms with E-state index in [1.165, 1.54) is 33.3 Å². The highest BCUT2D eigenvalue weighted by atomic mass is 19.4. The van der Waals surface area contributed by atoms with E-state index in [0.717, 1.165) is 11.1 Å². The first kappa shape index (κ1) is 22.1. The van der Waals surface area contributed by atoms with E-state index in [1.807, 2.05) is 0 Å². The molecule has 0 saturated carbocycles. The van der Waals surface area contributed by atoms with Gasteiger partial charge in [-0.05, 0) is 13.0 Å². The highest BCUT2D eigenvalue weighted by Crippen LogP contribution is 2.34. The van der Waals surface area contributed by atoms with Gasteiger partial charge in [0.25, 0.3) is 5.91 Å². The molecule has 0 aromatic carbocycles. The molecule has 1 unspecified atom stereocenters. The number of ether oxygens (including phenoxy) is 2. The third-order valence-electron chi connectivity index (χ3n) is 4.09. The molecule has 2 heterocycles. The number of hydrogen-bond acceptors (Lipinski definition) is 7. The zero-order chi connectivity index (χ0) is 21.8. The standard InChI is InChI=1S/C17H20F3N5O4/c1-5-24(9-10(2)16(27)29-4)15(26)11-8-21-25(14(11)17(18,19)20)12-6-7-13(28-3)23-22-12/h6-8,10H,5,9H2,1-4H3. The number of esters is 1. The summed E-state index contributed by atoms with van der Waals surface area (Å²) in [6.45, 7) is 3.09. The molecule has 2 aromatic rings. The summed E-state index contributed by atoms with van der Waals surface area (Å²) in [5.74, 6) is -2.32. The number of methoxy groups -OCH3 is 2. The molecule has 0 fully saturated rings. The van der Waals surface area contributed by atoms with Crippen LogP contribution in [-0.2, 0) is 15.7 Å².